The van der Waals surface area contributed by atoms with E-state index >= 15 is 0 Å². The Morgan fingerprint density at radius 3 is 2.69 bits per heavy atom. The lowest BCUT2D eigenvalue weighted by Crippen LogP contribution is -2.44. The zero-order valence-corrected chi connectivity index (χ0v) is 9.87. The third-order valence-electron chi connectivity index (χ3n) is 4.55. The highest BCUT2D eigenvalue weighted by molar-refractivity contribution is 5.79. The summed E-state index contributed by atoms with van der Waals surface area (Å²) in [6.45, 7) is 1.96. The van der Waals surface area contributed by atoms with Crippen LogP contribution in [0.4, 0.5) is 0 Å². The van der Waals surface area contributed by atoms with Gasteiger partial charge in [-0.25, -0.2) is 0 Å². The third-order valence-corrected chi connectivity index (χ3v) is 4.55. The Labute approximate surface area is 97.4 Å². The van der Waals surface area contributed by atoms with Crippen molar-refractivity contribution < 1.29 is 4.79 Å². The van der Waals surface area contributed by atoms with Crippen LogP contribution in [0.15, 0.2) is 0 Å². The first kappa shape index (κ1) is 10.6. The van der Waals surface area contributed by atoms with Gasteiger partial charge in [-0.1, -0.05) is 6.42 Å². The van der Waals surface area contributed by atoms with Crippen LogP contribution in [0.3, 0.4) is 0 Å². The van der Waals surface area contributed by atoms with Gasteiger partial charge >= 0.3 is 0 Å². The highest BCUT2D eigenvalue weighted by Crippen LogP contribution is 2.54. The minimum Gasteiger partial charge on any atom is -0.354 e. The van der Waals surface area contributed by atoms with E-state index in [1.165, 1.54) is 25.7 Å². The maximum Gasteiger partial charge on any atom is 0.223 e. The van der Waals surface area contributed by atoms with E-state index in [9.17, 15) is 4.79 Å². The molecule has 2 aliphatic carbocycles. The van der Waals surface area contributed by atoms with Gasteiger partial charge in [0.2, 0.25) is 5.91 Å². The van der Waals surface area contributed by atoms with Crippen LogP contribution < -0.4 is 10.6 Å². The lowest BCUT2D eigenvalue weighted by Gasteiger charge is -2.24. The van der Waals surface area contributed by atoms with E-state index in [4.69, 9.17) is 0 Å². The molecule has 2 N–H and O–H groups in total. The smallest absolute Gasteiger partial charge is 0.223 e. The molecule has 0 aromatic heterocycles. The van der Waals surface area contributed by atoms with Crippen molar-refractivity contribution in [1.29, 1.82) is 0 Å². The standard InChI is InChI=1S/C13H22N2O/c16-13(11-6-9-5-10(9)7-11)15-8-12-3-1-2-4-14-12/h9-12,14H,1-8H2,(H,15,16). The van der Waals surface area contributed by atoms with Crippen molar-refractivity contribution in [3.8, 4) is 0 Å². The molecule has 0 aromatic carbocycles. The summed E-state index contributed by atoms with van der Waals surface area (Å²) in [5.74, 6) is 2.47. The minimum absolute atomic E-state index is 0.319. The molecule has 1 heterocycles. The molecule has 3 fully saturated rings. The number of piperidine rings is 1. The average molecular weight is 222 g/mol. The molecule has 1 saturated heterocycles. The Morgan fingerprint density at radius 2 is 2.00 bits per heavy atom. The second-order valence-electron chi connectivity index (χ2n) is 5.82. The van der Waals surface area contributed by atoms with Crippen LogP contribution in [0.25, 0.3) is 0 Å². The summed E-state index contributed by atoms with van der Waals surface area (Å²) >= 11 is 0. The first-order valence-corrected chi connectivity index (χ1v) is 6.84. The predicted octanol–water partition coefficient (Wildman–Crippen LogP) is 1.29. The molecule has 2 saturated carbocycles. The first-order valence-electron chi connectivity index (χ1n) is 6.84. The average Bonchev–Trinajstić information content (AvgIpc) is 2.94. The van der Waals surface area contributed by atoms with Crippen LogP contribution in [0.5, 0.6) is 0 Å². The first-order chi connectivity index (χ1) is 7.83. The summed E-state index contributed by atoms with van der Waals surface area (Å²) < 4.78 is 0. The van der Waals surface area contributed by atoms with Gasteiger partial charge in [-0.3, -0.25) is 4.79 Å². The second kappa shape index (κ2) is 4.36. The number of fused-ring (bicyclic) bond motifs is 1. The fourth-order valence-corrected chi connectivity index (χ4v) is 3.40. The molecule has 1 aliphatic heterocycles. The van der Waals surface area contributed by atoms with Gasteiger partial charge in [-0.15, -0.1) is 0 Å². The van der Waals surface area contributed by atoms with Gasteiger partial charge in [-0.2, -0.15) is 0 Å². The normalized spacial score (nSPS) is 41.5. The van der Waals surface area contributed by atoms with Crippen molar-refractivity contribution in [1.82, 2.24) is 10.6 Å². The van der Waals surface area contributed by atoms with Crippen molar-refractivity contribution in [2.24, 2.45) is 17.8 Å². The fraction of sp³-hybridized carbons (Fsp3) is 0.923. The number of carbonyl (C=O) groups is 1. The monoisotopic (exact) mass is 222 g/mol. The Kier molecular flexibility index (Phi) is 2.88. The fourth-order valence-electron chi connectivity index (χ4n) is 3.40. The molecule has 3 atom stereocenters. The highest BCUT2D eigenvalue weighted by Gasteiger charge is 2.47. The SMILES string of the molecule is O=C(NCC1CCCCN1)C1CC2CC2C1. The van der Waals surface area contributed by atoms with E-state index in [1.54, 1.807) is 0 Å². The van der Waals surface area contributed by atoms with E-state index in [2.05, 4.69) is 10.6 Å². The molecular weight excluding hydrogens is 200 g/mol. The van der Waals surface area contributed by atoms with Crippen molar-refractivity contribution in [2.75, 3.05) is 13.1 Å². The molecule has 0 bridgehead atoms. The van der Waals surface area contributed by atoms with Crippen LogP contribution in [0.2, 0.25) is 0 Å². The van der Waals surface area contributed by atoms with E-state index in [0.29, 0.717) is 17.9 Å². The molecule has 3 aliphatic rings. The number of nitrogens with one attached hydrogen (secondary N) is 2. The number of hydrogen-bond donors (Lipinski definition) is 2. The molecule has 0 radical (unpaired) electrons. The summed E-state index contributed by atoms with van der Waals surface area (Å²) in [7, 11) is 0. The van der Waals surface area contributed by atoms with Gasteiger partial charge in [0.05, 0.1) is 0 Å². The zero-order chi connectivity index (χ0) is 11.0. The molecule has 16 heavy (non-hydrogen) atoms. The number of amides is 1. The molecule has 3 heteroatoms. The van der Waals surface area contributed by atoms with Gasteiger partial charge in [-0.05, 0) is 50.5 Å². The topological polar surface area (TPSA) is 41.1 Å². The number of rotatable bonds is 3. The predicted molar refractivity (Wildman–Crippen MR) is 63.0 cm³/mol. The molecule has 0 aromatic rings. The molecule has 3 nitrogen and oxygen atoms in total. The number of hydrogen-bond acceptors (Lipinski definition) is 2. The Morgan fingerprint density at radius 1 is 1.19 bits per heavy atom. The van der Waals surface area contributed by atoms with Crippen LogP contribution >= 0.6 is 0 Å². The summed E-state index contributed by atoms with van der Waals surface area (Å²) in [4.78, 5) is 11.9. The van der Waals surface area contributed by atoms with Crippen molar-refractivity contribution in [3.63, 3.8) is 0 Å². The molecule has 3 unspecified atom stereocenters. The van der Waals surface area contributed by atoms with Crippen LogP contribution in [0.1, 0.15) is 38.5 Å². The third kappa shape index (κ3) is 2.24. The van der Waals surface area contributed by atoms with Gasteiger partial charge in [0.1, 0.15) is 0 Å². The van der Waals surface area contributed by atoms with Gasteiger partial charge in [0, 0.05) is 18.5 Å². The summed E-state index contributed by atoms with van der Waals surface area (Å²) in [5.41, 5.74) is 0. The molecule has 3 rings (SSSR count). The quantitative estimate of drug-likeness (QED) is 0.755. The maximum absolute atomic E-state index is 11.9. The van der Waals surface area contributed by atoms with Gasteiger partial charge in [0.25, 0.3) is 0 Å². The van der Waals surface area contributed by atoms with Crippen LogP contribution in [-0.2, 0) is 4.79 Å². The minimum atomic E-state index is 0.319. The summed E-state index contributed by atoms with van der Waals surface area (Å²) in [6.07, 6.45) is 7.53. The molecule has 1 amide bonds. The van der Waals surface area contributed by atoms with Gasteiger partial charge < -0.3 is 10.6 Å². The number of carbonyl (C=O) groups excluding carboxylic acids is 1. The van der Waals surface area contributed by atoms with Crippen LogP contribution in [0, 0.1) is 17.8 Å². The van der Waals surface area contributed by atoms with E-state index in [1.807, 2.05) is 0 Å². The summed E-state index contributed by atoms with van der Waals surface area (Å²) in [5, 5.41) is 6.60. The van der Waals surface area contributed by atoms with Crippen molar-refractivity contribution in [2.45, 2.75) is 44.6 Å². The van der Waals surface area contributed by atoms with Crippen LogP contribution in [-0.4, -0.2) is 25.0 Å². The Bertz CT molecular complexity index is 263. The largest absolute Gasteiger partial charge is 0.354 e. The molecular formula is C13H22N2O. The maximum atomic E-state index is 11.9. The Hall–Kier alpha value is -0.570. The van der Waals surface area contributed by atoms with Crippen molar-refractivity contribution >= 4 is 5.91 Å². The second-order valence-corrected chi connectivity index (χ2v) is 5.82. The molecule has 90 valence electrons. The van der Waals surface area contributed by atoms with Gasteiger partial charge in [0.15, 0.2) is 0 Å². The molecule has 0 spiro atoms. The zero-order valence-electron chi connectivity index (χ0n) is 9.87. The Balaban J connectivity index is 1.39. The highest BCUT2D eigenvalue weighted by atomic mass is 16.1. The van der Waals surface area contributed by atoms with Crippen molar-refractivity contribution in [3.05, 3.63) is 0 Å². The van der Waals surface area contributed by atoms with E-state index in [0.717, 1.165) is 37.8 Å². The summed E-state index contributed by atoms with van der Waals surface area (Å²) in [6, 6.07) is 0.522. The van der Waals surface area contributed by atoms with E-state index < -0.39 is 0 Å². The van der Waals surface area contributed by atoms with E-state index in [-0.39, 0.29) is 0 Å². The lowest BCUT2D eigenvalue weighted by atomic mass is 10.0. The lowest BCUT2D eigenvalue weighted by molar-refractivity contribution is -0.125.